The maximum atomic E-state index is 3.57. The van der Waals surface area contributed by atoms with Crippen molar-refractivity contribution in [1.29, 1.82) is 0 Å². The molecule has 1 saturated carbocycles. The van der Waals surface area contributed by atoms with Gasteiger partial charge in [-0.05, 0) is 57.6 Å². The molecule has 0 bridgehead atoms. The van der Waals surface area contributed by atoms with E-state index in [1.807, 2.05) is 11.3 Å². The zero-order chi connectivity index (χ0) is 14.2. The lowest BCUT2D eigenvalue weighted by Gasteiger charge is -2.19. The van der Waals surface area contributed by atoms with Crippen molar-refractivity contribution < 1.29 is 0 Å². The number of hydrogen-bond donors (Lipinski definition) is 1. The van der Waals surface area contributed by atoms with Crippen LogP contribution in [-0.2, 0) is 13.1 Å². The first-order valence-electron chi connectivity index (χ1n) is 8.04. The van der Waals surface area contributed by atoms with E-state index in [0.29, 0.717) is 0 Å². The smallest absolute Gasteiger partial charge is 0.0328 e. The van der Waals surface area contributed by atoms with Crippen molar-refractivity contribution in [2.45, 2.75) is 58.7 Å². The van der Waals surface area contributed by atoms with E-state index in [2.05, 4.69) is 43.1 Å². The topological polar surface area (TPSA) is 15.3 Å². The molecule has 112 valence electrons. The van der Waals surface area contributed by atoms with Gasteiger partial charge >= 0.3 is 0 Å². The SMILES string of the molecule is CC(C)(C)NCc1ccc(CN2CC3CCCC3C2)s1. The average Bonchev–Trinajstić information content (AvgIpc) is 3.01. The number of rotatable bonds is 4. The molecule has 1 aromatic rings. The fourth-order valence-electron chi connectivity index (χ4n) is 3.64. The summed E-state index contributed by atoms with van der Waals surface area (Å²) < 4.78 is 0. The molecule has 3 heteroatoms. The molecule has 3 rings (SSSR count). The monoisotopic (exact) mass is 292 g/mol. The van der Waals surface area contributed by atoms with Crippen LogP contribution < -0.4 is 5.32 Å². The third kappa shape index (κ3) is 3.63. The number of nitrogens with one attached hydrogen (secondary N) is 1. The molecule has 2 unspecified atom stereocenters. The van der Waals surface area contributed by atoms with Gasteiger partial charge in [-0.2, -0.15) is 0 Å². The zero-order valence-electron chi connectivity index (χ0n) is 13.1. The largest absolute Gasteiger partial charge is 0.307 e. The van der Waals surface area contributed by atoms with Crippen molar-refractivity contribution >= 4 is 11.3 Å². The Morgan fingerprint density at radius 1 is 1.15 bits per heavy atom. The fraction of sp³-hybridized carbons (Fsp3) is 0.765. The van der Waals surface area contributed by atoms with E-state index in [1.165, 1.54) is 48.7 Å². The van der Waals surface area contributed by atoms with Crippen molar-refractivity contribution in [3.05, 3.63) is 21.9 Å². The first-order valence-corrected chi connectivity index (χ1v) is 8.86. The van der Waals surface area contributed by atoms with Crippen LogP contribution in [0.5, 0.6) is 0 Å². The van der Waals surface area contributed by atoms with Gasteiger partial charge < -0.3 is 5.32 Å². The summed E-state index contributed by atoms with van der Waals surface area (Å²) in [7, 11) is 0. The van der Waals surface area contributed by atoms with Crippen LogP contribution in [0.15, 0.2) is 12.1 Å². The van der Waals surface area contributed by atoms with E-state index in [1.54, 1.807) is 0 Å². The Kier molecular flexibility index (Phi) is 4.21. The lowest BCUT2D eigenvalue weighted by atomic mass is 10.0. The van der Waals surface area contributed by atoms with Crippen LogP contribution in [0.4, 0.5) is 0 Å². The van der Waals surface area contributed by atoms with Gasteiger partial charge in [-0.15, -0.1) is 11.3 Å². The van der Waals surface area contributed by atoms with E-state index in [9.17, 15) is 0 Å². The van der Waals surface area contributed by atoms with E-state index in [4.69, 9.17) is 0 Å². The van der Waals surface area contributed by atoms with Gasteiger partial charge in [-0.1, -0.05) is 6.42 Å². The molecule has 1 aliphatic carbocycles. The van der Waals surface area contributed by atoms with Crippen LogP contribution in [0.2, 0.25) is 0 Å². The van der Waals surface area contributed by atoms with Crippen LogP contribution >= 0.6 is 11.3 Å². The molecule has 0 aromatic carbocycles. The van der Waals surface area contributed by atoms with Crippen molar-refractivity contribution in [1.82, 2.24) is 10.2 Å². The molecular weight excluding hydrogens is 264 g/mol. The molecule has 1 aromatic heterocycles. The number of thiophene rings is 1. The highest BCUT2D eigenvalue weighted by molar-refractivity contribution is 7.11. The molecule has 1 saturated heterocycles. The minimum absolute atomic E-state index is 0.205. The molecule has 2 nitrogen and oxygen atoms in total. The Hall–Kier alpha value is -0.380. The molecule has 2 aliphatic rings. The highest BCUT2D eigenvalue weighted by Gasteiger charge is 2.35. The molecule has 0 radical (unpaired) electrons. The molecule has 20 heavy (non-hydrogen) atoms. The normalized spacial score (nSPS) is 27.1. The molecule has 2 heterocycles. The van der Waals surface area contributed by atoms with Gasteiger partial charge in [0.15, 0.2) is 0 Å². The van der Waals surface area contributed by atoms with E-state index < -0.39 is 0 Å². The summed E-state index contributed by atoms with van der Waals surface area (Å²) in [5.41, 5.74) is 0.205. The predicted molar refractivity (Wildman–Crippen MR) is 87.0 cm³/mol. The van der Waals surface area contributed by atoms with Crippen molar-refractivity contribution in [3.8, 4) is 0 Å². The number of likely N-dealkylation sites (tertiary alicyclic amines) is 1. The second kappa shape index (κ2) is 5.78. The summed E-state index contributed by atoms with van der Waals surface area (Å²) in [6.07, 6.45) is 4.43. The van der Waals surface area contributed by atoms with Gasteiger partial charge in [0.2, 0.25) is 0 Å². The standard InChI is InChI=1S/C17H28N2S/c1-17(2,3)18-9-15-7-8-16(20-15)12-19-10-13-5-4-6-14(13)11-19/h7-8,13-14,18H,4-6,9-12H2,1-3H3. The van der Waals surface area contributed by atoms with E-state index in [-0.39, 0.29) is 5.54 Å². The Morgan fingerprint density at radius 2 is 1.80 bits per heavy atom. The molecule has 2 atom stereocenters. The first kappa shape index (κ1) is 14.6. The van der Waals surface area contributed by atoms with Gasteiger partial charge in [0.25, 0.3) is 0 Å². The molecule has 0 spiro atoms. The van der Waals surface area contributed by atoms with Crippen molar-refractivity contribution in [2.75, 3.05) is 13.1 Å². The minimum atomic E-state index is 0.205. The summed E-state index contributed by atoms with van der Waals surface area (Å²) in [6, 6.07) is 4.63. The quantitative estimate of drug-likeness (QED) is 0.906. The molecular formula is C17H28N2S. The van der Waals surface area contributed by atoms with Crippen LogP contribution in [0.3, 0.4) is 0 Å². The van der Waals surface area contributed by atoms with Crippen LogP contribution in [0.25, 0.3) is 0 Å². The lowest BCUT2D eigenvalue weighted by molar-refractivity contribution is 0.306. The van der Waals surface area contributed by atoms with E-state index >= 15 is 0 Å². The van der Waals surface area contributed by atoms with Crippen LogP contribution in [0.1, 0.15) is 49.8 Å². The maximum absolute atomic E-state index is 3.57. The highest BCUT2D eigenvalue weighted by atomic mass is 32.1. The summed E-state index contributed by atoms with van der Waals surface area (Å²) in [4.78, 5) is 5.69. The number of fused-ring (bicyclic) bond motifs is 1. The van der Waals surface area contributed by atoms with Gasteiger partial charge in [0.05, 0.1) is 0 Å². The van der Waals surface area contributed by atoms with E-state index in [0.717, 1.165) is 18.4 Å². The third-order valence-corrected chi connectivity index (χ3v) is 5.76. The highest BCUT2D eigenvalue weighted by Crippen LogP contribution is 2.38. The second-order valence-electron chi connectivity index (χ2n) is 7.62. The third-order valence-electron chi connectivity index (χ3n) is 4.69. The summed E-state index contributed by atoms with van der Waals surface area (Å²) >= 11 is 1.98. The average molecular weight is 292 g/mol. The number of nitrogens with zero attached hydrogens (tertiary/aromatic N) is 1. The maximum Gasteiger partial charge on any atom is 0.0328 e. The molecule has 0 amide bonds. The summed E-state index contributed by atoms with van der Waals surface area (Å²) in [5, 5.41) is 3.57. The van der Waals surface area contributed by atoms with Crippen molar-refractivity contribution in [2.24, 2.45) is 11.8 Å². The second-order valence-corrected chi connectivity index (χ2v) is 8.87. The molecule has 2 fully saturated rings. The molecule has 1 N–H and O–H groups in total. The Morgan fingerprint density at radius 3 is 2.45 bits per heavy atom. The minimum Gasteiger partial charge on any atom is -0.307 e. The zero-order valence-corrected chi connectivity index (χ0v) is 13.9. The Bertz CT molecular complexity index is 434. The Balaban J connectivity index is 1.50. The van der Waals surface area contributed by atoms with Gasteiger partial charge in [-0.3, -0.25) is 4.90 Å². The summed E-state index contributed by atoms with van der Waals surface area (Å²) in [6.45, 7) is 11.5. The van der Waals surface area contributed by atoms with Crippen molar-refractivity contribution in [3.63, 3.8) is 0 Å². The fourth-order valence-corrected chi connectivity index (χ4v) is 4.64. The summed E-state index contributed by atoms with van der Waals surface area (Å²) in [5.74, 6) is 2.02. The van der Waals surface area contributed by atoms with Gasteiger partial charge in [0.1, 0.15) is 0 Å². The number of hydrogen-bond acceptors (Lipinski definition) is 3. The van der Waals surface area contributed by atoms with Crippen LogP contribution in [0, 0.1) is 11.8 Å². The lowest BCUT2D eigenvalue weighted by Crippen LogP contribution is -2.34. The predicted octanol–water partition coefficient (Wildman–Crippen LogP) is 3.87. The molecule has 1 aliphatic heterocycles. The first-order chi connectivity index (χ1) is 9.49. The van der Waals surface area contributed by atoms with Crippen LogP contribution in [-0.4, -0.2) is 23.5 Å². The van der Waals surface area contributed by atoms with Gasteiger partial charge in [-0.25, -0.2) is 0 Å². The Labute approximate surface area is 127 Å². The van der Waals surface area contributed by atoms with Gasteiger partial charge in [0, 0.05) is 41.5 Å².